The van der Waals surface area contributed by atoms with Gasteiger partial charge in [-0.25, -0.2) is 8.78 Å². The molecule has 0 aliphatic carbocycles. The molecule has 0 rings (SSSR count). The van der Waals surface area contributed by atoms with Crippen LogP contribution in [0.5, 0.6) is 0 Å². The second-order valence-corrected chi connectivity index (χ2v) is 3.02. The second kappa shape index (κ2) is 4.63. The molecule has 19 heavy (non-hydrogen) atoms. The van der Waals surface area contributed by atoms with Gasteiger partial charge in [-0.15, -0.1) is 0 Å². The summed E-state index contributed by atoms with van der Waals surface area (Å²) in [5.41, 5.74) is -7.10. The maximum absolute atomic E-state index is 12.7. The highest BCUT2D eigenvalue weighted by molar-refractivity contribution is 5.71. The maximum atomic E-state index is 12.7. The van der Waals surface area contributed by atoms with Gasteiger partial charge in [0.1, 0.15) is 0 Å². The van der Waals surface area contributed by atoms with Gasteiger partial charge in [0.2, 0.25) is 0 Å². The van der Waals surface area contributed by atoms with E-state index < -0.39 is 41.9 Å². The summed E-state index contributed by atoms with van der Waals surface area (Å²) in [6.07, 6.45) is -23.4. The second-order valence-electron chi connectivity index (χ2n) is 3.02. The lowest BCUT2D eigenvalue weighted by Crippen LogP contribution is -2.60. The van der Waals surface area contributed by atoms with E-state index in [1.54, 1.807) is 0 Å². The lowest BCUT2D eigenvalue weighted by Gasteiger charge is -2.36. The van der Waals surface area contributed by atoms with Gasteiger partial charge in [0.15, 0.2) is 17.9 Å². The average Bonchev–Trinajstić information content (AvgIpc) is 2.09. The lowest BCUT2D eigenvalue weighted by atomic mass is 9.83. The van der Waals surface area contributed by atoms with E-state index in [1.807, 2.05) is 0 Å². The molecule has 0 atom stereocenters. The third-order valence-corrected chi connectivity index (χ3v) is 1.92. The molecule has 112 valence electrons. The van der Waals surface area contributed by atoms with Crippen LogP contribution in [0.4, 0.5) is 48.3 Å². The number of allylic oxidation sites excluding steroid dienone is 2. The van der Waals surface area contributed by atoms with Crippen LogP contribution in [0.3, 0.4) is 0 Å². The van der Waals surface area contributed by atoms with Crippen molar-refractivity contribution >= 4 is 6.29 Å². The third-order valence-electron chi connectivity index (χ3n) is 1.92. The molecule has 0 aliphatic heterocycles. The van der Waals surface area contributed by atoms with E-state index in [2.05, 4.69) is 0 Å². The molecule has 0 aliphatic rings. The summed E-state index contributed by atoms with van der Waals surface area (Å²) < 4.78 is 134. The number of hydrogen-bond acceptors (Lipinski definition) is 1. The van der Waals surface area contributed by atoms with E-state index in [-0.39, 0.29) is 0 Å². The molecule has 0 fully saturated rings. The van der Waals surface area contributed by atoms with Gasteiger partial charge in [-0.05, 0) is 0 Å². The van der Waals surface area contributed by atoms with E-state index in [0.29, 0.717) is 0 Å². The van der Waals surface area contributed by atoms with Gasteiger partial charge < -0.3 is 0 Å². The van der Waals surface area contributed by atoms with Crippen LogP contribution >= 0.6 is 0 Å². The first kappa shape index (κ1) is 17.6. The van der Waals surface area contributed by atoms with Crippen molar-refractivity contribution in [2.45, 2.75) is 18.5 Å². The van der Waals surface area contributed by atoms with Crippen molar-refractivity contribution in [3.63, 3.8) is 0 Å². The van der Waals surface area contributed by atoms with Gasteiger partial charge in [-0.2, -0.15) is 39.5 Å². The molecular formula is C7HF11O. The lowest BCUT2D eigenvalue weighted by molar-refractivity contribution is -0.416. The fourth-order valence-corrected chi connectivity index (χ4v) is 1.09. The quantitative estimate of drug-likeness (QED) is 0.428. The third kappa shape index (κ3) is 2.52. The molecule has 0 radical (unpaired) electrons. The van der Waals surface area contributed by atoms with E-state index in [1.165, 1.54) is 0 Å². The van der Waals surface area contributed by atoms with E-state index >= 15 is 0 Å². The number of aldehydes is 1. The summed E-state index contributed by atoms with van der Waals surface area (Å²) >= 11 is 0. The summed E-state index contributed by atoms with van der Waals surface area (Å²) in [5.74, 6) is -7.76. The van der Waals surface area contributed by atoms with Crippen LogP contribution in [0.25, 0.3) is 0 Å². The van der Waals surface area contributed by atoms with Crippen LogP contribution in [0, 0.1) is 5.41 Å². The largest absolute Gasteiger partial charge is 0.418 e. The van der Waals surface area contributed by atoms with Crippen molar-refractivity contribution in [3.05, 3.63) is 11.7 Å². The van der Waals surface area contributed by atoms with Crippen molar-refractivity contribution in [2.24, 2.45) is 5.41 Å². The monoisotopic (exact) mass is 310 g/mol. The topological polar surface area (TPSA) is 17.1 Å². The number of hydrogen-bond donors (Lipinski definition) is 0. The Morgan fingerprint density at radius 1 is 0.684 bits per heavy atom. The van der Waals surface area contributed by atoms with Crippen molar-refractivity contribution in [2.75, 3.05) is 0 Å². The van der Waals surface area contributed by atoms with Gasteiger partial charge in [-0.1, -0.05) is 0 Å². The maximum Gasteiger partial charge on any atom is 0.418 e. The molecule has 12 heteroatoms. The Morgan fingerprint density at radius 2 is 0.947 bits per heavy atom. The molecular weight excluding hydrogens is 309 g/mol. The molecule has 0 saturated carbocycles. The standard InChI is InChI=1S/C7HF11O/c8-2(1-19)3(9)4(5(10,11)12,6(13,14)15)7(16,17)18/h1H/b3-2+. The van der Waals surface area contributed by atoms with Crippen LogP contribution in [0.15, 0.2) is 11.7 Å². The smallest absolute Gasteiger partial charge is 0.295 e. The summed E-state index contributed by atoms with van der Waals surface area (Å²) in [6.45, 7) is 0. The average molecular weight is 310 g/mol. The minimum absolute atomic E-state index is 1.53. The summed E-state index contributed by atoms with van der Waals surface area (Å²) in [5, 5.41) is 0. The van der Waals surface area contributed by atoms with Gasteiger partial charge in [0, 0.05) is 0 Å². The Hall–Kier alpha value is -1.36. The van der Waals surface area contributed by atoms with Gasteiger partial charge >= 0.3 is 23.9 Å². The van der Waals surface area contributed by atoms with Crippen LogP contribution in [-0.2, 0) is 4.79 Å². The number of carbonyl (C=O) groups is 1. The first-order valence-electron chi connectivity index (χ1n) is 3.85. The summed E-state index contributed by atoms with van der Waals surface area (Å²) in [4.78, 5) is 9.60. The SMILES string of the molecule is O=C/C(F)=C(\F)C(C(F)(F)F)(C(F)(F)F)C(F)(F)F. The molecule has 0 aromatic heterocycles. The normalized spacial score (nSPS) is 16.2. The molecule has 0 aromatic carbocycles. The highest BCUT2D eigenvalue weighted by atomic mass is 19.4. The number of rotatable bonds is 2. The van der Waals surface area contributed by atoms with Crippen LogP contribution < -0.4 is 0 Å². The van der Waals surface area contributed by atoms with Crippen molar-refractivity contribution < 1.29 is 53.1 Å². The van der Waals surface area contributed by atoms with E-state index in [0.717, 1.165) is 0 Å². The fraction of sp³-hybridized carbons (Fsp3) is 0.571. The zero-order valence-corrected chi connectivity index (χ0v) is 8.14. The Bertz CT molecular complexity index is 345. The van der Waals surface area contributed by atoms with Crippen molar-refractivity contribution in [1.29, 1.82) is 0 Å². The number of carbonyl (C=O) groups excluding carboxylic acids is 1. The van der Waals surface area contributed by atoms with Gasteiger partial charge in [-0.3, -0.25) is 4.79 Å². The van der Waals surface area contributed by atoms with Crippen LogP contribution in [-0.4, -0.2) is 24.8 Å². The van der Waals surface area contributed by atoms with Crippen molar-refractivity contribution in [1.82, 2.24) is 0 Å². The van der Waals surface area contributed by atoms with Crippen LogP contribution in [0.1, 0.15) is 0 Å². The van der Waals surface area contributed by atoms with E-state index in [4.69, 9.17) is 0 Å². The Morgan fingerprint density at radius 3 is 1.11 bits per heavy atom. The minimum atomic E-state index is -7.30. The molecule has 0 saturated heterocycles. The predicted molar refractivity (Wildman–Crippen MR) is 35.9 cm³/mol. The zero-order chi connectivity index (χ0) is 15.9. The molecule has 0 aromatic rings. The predicted octanol–water partition coefficient (Wildman–Crippen LogP) is 4.01. The molecule has 0 bridgehead atoms. The van der Waals surface area contributed by atoms with Crippen molar-refractivity contribution in [3.8, 4) is 0 Å². The highest BCUT2D eigenvalue weighted by Crippen LogP contribution is 2.64. The Labute approximate surface area is 96.2 Å². The molecule has 1 nitrogen and oxygen atoms in total. The summed E-state index contributed by atoms with van der Waals surface area (Å²) in [6, 6.07) is 0. The van der Waals surface area contributed by atoms with Gasteiger partial charge in [0.05, 0.1) is 0 Å². The highest BCUT2D eigenvalue weighted by Gasteiger charge is 2.87. The Balaban J connectivity index is 6.72. The molecule has 0 heterocycles. The fourth-order valence-electron chi connectivity index (χ4n) is 1.09. The molecule has 0 N–H and O–H groups in total. The first-order valence-corrected chi connectivity index (χ1v) is 3.85. The zero-order valence-electron chi connectivity index (χ0n) is 8.14. The molecule has 0 spiro atoms. The van der Waals surface area contributed by atoms with E-state index in [9.17, 15) is 53.1 Å². The van der Waals surface area contributed by atoms with Gasteiger partial charge in [0.25, 0.3) is 0 Å². The molecule has 0 amide bonds. The Kier molecular flexibility index (Phi) is 4.30. The molecule has 0 unspecified atom stereocenters. The minimum Gasteiger partial charge on any atom is -0.295 e. The summed E-state index contributed by atoms with van der Waals surface area (Å²) in [7, 11) is 0. The number of halogens is 11. The van der Waals surface area contributed by atoms with Crippen LogP contribution in [0.2, 0.25) is 0 Å². The first-order chi connectivity index (χ1) is 8.14. The number of alkyl halides is 9.